The van der Waals surface area contributed by atoms with Crippen LogP contribution in [0.4, 0.5) is 11.4 Å². The minimum atomic E-state index is -0.353. The molecule has 2 aromatic rings. The summed E-state index contributed by atoms with van der Waals surface area (Å²) in [5.74, 6) is 1.25. The van der Waals surface area contributed by atoms with Crippen molar-refractivity contribution in [3.63, 3.8) is 0 Å². The van der Waals surface area contributed by atoms with Gasteiger partial charge in [0, 0.05) is 39.7 Å². The Labute approximate surface area is 181 Å². The van der Waals surface area contributed by atoms with Crippen LogP contribution in [-0.2, 0) is 17.1 Å². The molecular formula is C19H19BrN2O2S3. The number of benzene rings is 2. The molecule has 4 rings (SSSR count). The van der Waals surface area contributed by atoms with Crippen molar-refractivity contribution in [2.45, 2.75) is 36.3 Å². The first-order valence-corrected chi connectivity index (χ1v) is 11.6. The first-order valence-electron chi connectivity index (χ1n) is 8.39. The number of para-hydroxylation sites is 1. The van der Waals surface area contributed by atoms with E-state index in [0.717, 1.165) is 11.3 Å². The van der Waals surface area contributed by atoms with Crippen molar-refractivity contribution in [2.75, 3.05) is 5.32 Å². The third kappa shape index (κ3) is 4.04. The van der Waals surface area contributed by atoms with Crippen LogP contribution in [-0.4, -0.2) is 19.9 Å². The van der Waals surface area contributed by atoms with E-state index in [1.54, 1.807) is 12.1 Å². The molecule has 2 aliphatic rings. The monoisotopic (exact) mass is 482 g/mol. The van der Waals surface area contributed by atoms with E-state index in [2.05, 4.69) is 43.4 Å². The van der Waals surface area contributed by atoms with Gasteiger partial charge < -0.3 is 22.3 Å². The molecule has 27 heavy (non-hydrogen) atoms. The van der Waals surface area contributed by atoms with E-state index in [1.807, 2.05) is 45.1 Å². The van der Waals surface area contributed by atoms with E-state index >= 15 is 0 Å². The van der Waals surface area contributed by atoms with Crippen LogP contribution >= 0.6 is 21.6 Å². The average Bonchev–Trinajstić information content (AvgIpc) is 3.05. The summed E-state index contributed by atoms with van der Waals surface area (Å²) in [4.78, 5) is 10.4. The minimum absolute atomic E-state index is 0. The normalized spacial score (nSPS) is 23.7. The maximum absolute atomic E-state index is 10.8. The number of nitrogens with zero attached hydrogens (tertiary/aromatic N) is 1. The van der Waals surface area contributed by atoms with Crippen LogP contribution in [0.25, 0.3) is 0 Å². The summed E-state index contributed by atoms with van der Waals surface area (Å²) >= 11 is 1.86. The van der Waals surface area contributed by atoms with Crippen LogP contribution in [0.15, 0.2) is 48.5 Å². The van der Waals surface area contributed by atoms with E-state index < -0.39 is 0 Å². The predicted octanol–water partition coefficient (Wildman–Crippen LogP) is 2.06. The molecule has 8 heteroatoms. The first-order chi connectivity index (χ1) is 12.5. The van der Waals surface area contributed by atoms with Crippen LogP contribution in [0, 0.1) is 10.1 Å². The van der Waals surface area contributed by atoms with Crippen molar-refractivity contribution in [2.24, 2.45) is 0 Å². The van der Waals surface area contributed by atoms with Gasteiger partial charge in [-0.25, -0.2) is 0 Å². The summed E-state index contributed by atoms with van der Waals surface area (Å²) < 4.78 is 1.43. The second-order valence-corrected chi connectivity index (χ2v) is 10.7. The van der Waals surface area contributed by atoms with Gasteiger partial charge in [0.1, 0.15) is 0 Å². The Bertz CT molecular complexity index is 887. The van der Waals surface area contributed by atoms with E-state index in [0.29, 0.717) is 11.2 Å². The number of anilines is 1. The number of nitro groups is 1. The molecule has 142 valence electrons. The number of nitro benzene ring substituents is 1. The quantitative estimate of drug-likeness (QED) is 0.238. The molecule has 0 amide bonds. The number of halogens is 1. The zero-order chi connectivity index (χ0) is 18.3. The van der Waals surface area contributed by atoms with E-state index in [4.69, 9.17) is 0 Å². The molecule has 0 aromatic heterocycles. The Kier molecular flexibility index (Phi) is 6.20. The highest BCUT2D eigenvalue weighted by Crippen LogP contribution is 2.56. The van der Waals surface area contributed by atoms with Gasteiger partial charge in [0.15, 0.2) is 11.4 Å². The molecule has 1 N–H and O–H groups in total. The number of rotatable bonds is 3. The number of non-ortho nitro benzene ring substituents is 1. The van der Waals surface area contributed by atoms with E-state index in [9.17, 15) is 10.1 Å². The van der Waals surface area contributed by atoms with Gasteiger partial charge in [-0.15, -0.1) is 0 Å². The van der Waals surface area contributed by atoms with E-state index in [-0.39, 0.29) is 33.1 Å². The molecule has 2 unspecified atom stereocenters. The van der Waals surface area contributed by atoms with Crippen molar-refractivity contribution in [1.82, 2.24) is 0 Å². The molecule has 4 nitrogen and oxygen atoms in total. The molecule has 2 heterocycles. The zero-order valence-electron chi connectivity index (χ0n) is 14.8. The Morgan fingerprint density at radius 3 is 2.59 bits per heavy atom. The van der Waals surface area contributed by atoms with Gasteiger partial charge in [0.25, 0.3) is 9.88 Å². The molecule has 2 aromatic carbocycles. The maximum Gasteiger partial charge on any atom is 0.269 e. The van der Waals surface area contributed by atoms with Gasteiger partial charge in [-0.3, -0.25) is 10.1 Å². The van der Waals surface area contributed by atoms with Gasteiger partial charge in [-0.2, -0.15) is 0 Å². The highest BCUT2D eigenvalue weighted by molar-refractivity contribution is 8.84. The summed E-state index contributed by atoms with van der Waals surface area (Å²) in [7, 11) is 3.84. The molecule has 2 atom stereocenters. The smallest absolute Gasteiger partial charge is 0.269 e. The molecule has 1 fully saturated rings. The zero-order valence-corrected chi connectivity index (χ0v) is 18.9. The van der Waals surface area contributed by atoms with Crippen molar-refractivity contribution in [3.8, 4) is 0 Å². The summed E-state index contributed by atoms with van der Waals surface area (Å²) in [5, 5.41) is 15.0. The maximum atomic E-state index is 10.8. The largest absolute Gasteiger partial charge is 1.00 e. The van der Waals surface area contributed by atoms with Crippen molar-refractivity contribution >= 4 is 48.5 Å². The summed E-state index contributed by atoms with van der Waals surface area (Å²) in [6.45, 7) is 4.55. The lowest BCUT2D eigenvalue weighted by Crippen LogP contribution is -3.00. The van der Waals surface area contributed by atoms with Gasteiger partial charge in [-0.1, -0.05) is 29.0 Å². The molecule has 0 aliphatic carbocycles. The SMILES string of the molecule is CC1(C)Nc2ccccc2C2C(=[S+]Cc3ccc([N+](=O)[O-])cc3)SSC21.[Br-]. The highest BCUT2D eigenvalue weighted by atomic mass is 79.9. The number of hydrogen-bond donors (Lipinski definition) is 1. The van der Waals surface area contributed by atoms with Crippen LogP contribution in [0.1, 0.15) is 30.9 Å². The second-order valence-electron chi connectivity index (χ2n) is 7.04. The van der Waals surface area contributed by atoms with E-state index in [1.165, 1.54) is 15.4 Å². The van der Waals surface area contributed by atoms with Crippen LogP contribution in [0.5, 0.6) is 0 Å². The molecule has 2 aliphatic heterocycles. The Morgan fingerprint density at radius 1 is 1.19 bits per heavy atom. The fraction of sp³-hybridized carbons (Fsp3) is 0.316. The third-order valence-electron chi connectivity index (χ3n) is 4.78. The lowest BCUT2D eigenvalue weighted by molar-refractivity contribution is -0.384. The first kappa shape index (κ1) is 20.6. The van der Waals surface area contributed by atoms with Gasteiger partial charge in [0.05, 0.1) is 16.1 Å². The number of hydrogen-bond acceptors (Lipinski definition) is 5. The summed E-state index contributed by atoms with van der Waals surface area (Å²) in [6, 6.07) is 15.5. The van der Waals surface area contributed by atoms with Crippen molar-refractivity contribution < 1.29 is 21.9 Å². The lowest BCUT2D eigenvalue weighted by Gasteiger charge is -2.40. The lowest BCUT2D eigenvalue weighted by atomic mass is 9.81. The minimum Gasteiger partial charge on any atom is -1.00 e. The molecule has 0 spiro atoms. The average molecular weight is 483 g/mol. The fourth-order valence-electron chi connectivity index (χ4n) is 3.44. The summed E-state index contributed by atoms with van der Waals surface area (Å²) in [6.07, 6.45) is 0. The van der Waals surface area contributed by atoms with Crippen molar-refractivity contribution in [1.29, 1.82) is 0 Å². The van der Waals surface area contributed by atoms with Gasteiger partial charge >= 0.3 is 0 Å². The molecule has 0 bridgehead atoms. The fourth-order valence-corrected chi connectivity index (χ4v) is 8.93. The Morgan fingerprint density at radius 2 is 1.89 bits per heavy atom. The molecule has 0 saturated carbocycles. The van der Waals surface area contributed by atoms with Crippen LogP contribution < -0.4 is 22.3 Å². The molecule has 0 radical (unpaired) electrons. The van der Waals surface area contributed by atoms with Gasteiger partial charge in [0.2, 0.25) is 5.75 Å². The third-order valence-corrected chi connectivity index (χ3v) is 9.75. The number of fused-ring (bicyclic) bond motifs is 3. The molecule has 1 saturated heterocycles. The van der Waals surface area contributed by atoms with Crippen LogP contribution in [0.3, 0.4) is 0 Å². The Hall–Kier alpha value is -1.09. The predicted molar refractivity (Wildman–Crippen MR) is 115 cm³/mol. The number of nitrogens with one attached hydrogen (secondary N) is 1. The molecular weight excluding hydrogens is 464 g/mol. The topological polar surface area (TPSA) is 55.2 Å². The van der Waals surface area contributed by atoms with Crippen LogP contribution in [0.2, 0.25) is 0 Å². The van der Waals surface area contributed by atoms with Crippen molar-refractivity contribution in [3.05, 3.63) is 69.8 Å². The highest BCUT2D eigenvalue weighted by Gasteiger charge is 2.52. The summed E-state index contributed by atoms with van der Waals surface area (Å²) in [5.41, 5.74) is 3.90. The van der Waals surface area contributed by atoms with Gasteiger partial charge in [-0.05, 0) is 37.6 Å². The second kappa shape index (κ2) is 8.11. The standard InChI is InChI=1S/C19H19N2O2S3.BrH/c1-19(2)17-16(14-5-3-4-6-15(14)20-19)18(26-25-17)24-11-12-7-9-13(10-8-12)21(22)23;/h3-10,16-17,20H,11H2,1-2H3;1H/q+1;/p-1. The Balaban J connectivity index is 0.00000210.